The molecule has 5 nitrogen and oxygen atoms in total. The summed E-state index contributed by atoms with van der Waals surface area (Å²) in [4.78, 5) is 11.3. The first-order valence-electron chi connectivity index (χ1n) is 11.2. The summed E-state index contributed by atoms with van der Waals surface area (Å²) in [6.45, 7) is -0.397. The molecule has 36 heavy (non-hydrogen) atoms. The van der Waals surface area contributed by atoms with Crippen LogP contribution in [0.25, 0.3) is 0 Å². The van der Waals surface area contributed by atoms with Crippen molar-refractivity contribution in [2.45, 2.75) is 42.9 Å². The van der Waals surface area contributed by atoms with E-state index in [1.165, 1.54) is 0 Å². The van der Waals surface area contributed by atoms with Gasteiger partial charge < -0.3 is 19.3 Å². The maximum atomic E-state index is 14.7. The third-order valence-electron chi connectivity index (χ3n) is 6.17. The fraction of sp³-hybridized carbons (Fsp3) is 0.296. The molecule has 9 heteroatoms. The van der Waals surface area contributed by atoms with E-state index in [1.54, 1.807) is 91.0 Å². The highest BCUT2D eigenvalue weighted by Crippen LogP contribution is 2.48. The average molecular weight is 504 g/mol. The van der Waals surface area contributed by atoms with Crippen molar-refractivity contribution in [2.24, 2.45) is 0 Å². The second-order valence-corrected chi connectivity index (χ2v) is 8.44. The molecule has 4 rings (SSSR count). The summed E-state index contributed by atoms with van der Waals surface area (Å²) in [6, 6.07) is 25.8. The fourth-order valence-corrected chi connectivity index (χ4v) is 4.42. The van der Waals surface area contributed by atoms with Crippen molar-refractivity contribution in [3.05, 3.63) is 108 Å². The Hall–Kier alpha value is -3.27. The normalized spacial score (nSPS) is 24.4. The molecule has 1 aliphatic rings. The minimum Gasteiger partial charge on any atom is -0.433 e. The molecule has 1 unspecified atom stereocenters. The second-order valence-electron chi connectivity index (χ2n) is 8.44. The molecule has 0 amide bonds. The molecule has 0 radical (unpaired) electrons. The molecule has 190 valence electrons. The summed E-state index contributed by atoms with van der Waals surface area (Å²) in [5.74, 6) is -1.05. The van der Waals surface area contributed by atoms with E-state index in [4.69, 9.17) is 9.47 Å². The summed E-state index contributed by atoms with van der Waals surface area (Å²) in [7, 11) is 0. The van der Waals surface area contributed by atoms with Gasteiger partial charge in [-0.1, -0.05) is 91.0 Å². The number of alkyl halides is 4. The average Bonchev–Trinajstić information content (AvgIpc) is 3.11. The van der Waals surface area contributed by atoms with Crippen LogP contribution in [0.15, 0.2) is 91.0 Å². The Labute approximate surface area is 205 Å². The molecular formula is C27H24F4O5. The Bertz CT molecular complexity index is 1060. The molecule has 1 saturated heterocycles. The summed E-state index contributed by atoms with van der Waals surface area (Å²) in [5, 5.41) is 10.4. The number of aliphatic hydroxyl groups is 1. The van der Waals surface area contributed by atoms with Crippen LogP contribution in [0.5, 0.6) is 0 Å². The van der Waals surface area contributed by atoms with Crippen LogP contribution in [0.3, 0.4) is 0 Å². The molecule has 0 aromatic heterocycles. The molecule has 1 heterocycles. The smallest absolute Gasteiger partial charge is 0.422 e. The van der Waals surface area contributed by atoms with Crippen LogP contribution in [0, 0.1) is 0 Å². The van der Waals surface area contributed by atoms with E-state index < -0.39 is 48.5 Å². The van der Waals surface area contributed by atoms with E-state index in [-0.39, 0.29) is 0 Å². The standard InChI is InChI=1S/C27H24F4O5/c1-18(32)35-24-22(28)23(33)25(36-24,27(29,30)31)17-34-26(19-11-5-2-6-12-19,20-13-7-3-8-14-20)21-15-9-4-10-16-21/h2-16,22-24,33H,17H2,1H3/t22-,23+,24?,25-/m1/s1. The van der Waals surface area contributed by atoms with Gasteiger partial charge in [0.1, 0.15) is 11.7 Å². The van der Waals surface area contributed by atoms with Crippen LogP contribution in [-0.4, -0.2) is 48.0 Å². The van der Waals surface area contributed by atoms with E-state index in [0.717, 1.165) is 6.92 Å². The van der Waals surface area contributed by atoms with Crippen molar-refractivity contribution in [1.82, 2.24) is 0 Å². The van der Waals surface area contributed by atoms with Gasteiger partial charge >= 0.3 is 12.1 Å². The van der Waals surface area contributed by atoms with Gasteiger partial charge in [0.15, 0.2) is 6.17 Å². The summed E-state index contributed by atoms with van der Waals surface area (Å²) >= 11 is 0. The van der Waals surface area contributed by atoms with Gasteiger partial charge in [-0.25, -0.2) is 4.39 Å². The molecular weight excluding hydrogens is 480 g/mol. The predicted octanol–water partition coefficient (Wildman–Crippen LogP) is 4.91. The number of hydrogen-bond acceptors (Lipinski definition) is 5. The number of halogens is 4. The first kappa shape index (κ1) is 25.8. The Kier molecular flexibility index (Phi) is 7.17. The second kappa shape index (κ2) is 10.0. The lowest BCUT2D eigenvalue weighted by Gasteiger charge is -2.40. The van der Waals surface area contributed by atoms with Crippen LogP contribution in [-0.2, 0) is 24.6 Å². The van der Waals surface area contributed by atoms with Crippen molar-refractivity contribution >= 4 is 5.97 Å². The number of benzene rings is 3. The van der Waals surface area contributed by atoms with Crippen molar-refractivity contribution in [3.8, 4) is 0 Å². The van der Waals surface area contributed by atoms with Gasteiger partial charge in [0.25, 0.3) is 0 Å². The zero-order valence-corrected chi connectivity index (χ0v) is 19.2. The minimum absolute atomic E-state index is 0.501. The number of esters is 1. The molecule has 1 N–H and O–H groups in total. The number of rotatable bonds is 7. The number of carbonyl (C=O) groups is 1. The molecule has 1 aliphatic heterocycles. The monoisotopic (exact) mass is 504 g/mol. The summed E-state index contributed by atoms with van der Waals surface area (Å²) in [6.07, 6.45) is -12.9. The number of aliphatic hydroxyl groups excluding tert-OH is 1. The zero-order chi connectivity index (χ0) is 26.0. The summed E-state index contributed by atoms with van der Waals surface area (Å²) < 4.78 is 73.8. The third-order valence-corrected chi connectivity index (χ3v) is 6.17. The molecule has 0 spiro atoms. The zero-order valence-electron chi connectivity index (χ0n) is 19.2. The molecule has 3 aromatic rings. The van der Waals surface area contributed by atoms with Gasteiger partial charge in [0.2, 0.25) is 11.9 Å². The lowest BCUT2D eigenvalue weighted by molar-refractivity contribution is -0.324. The van der Waals surface area contributed by atoms with Gasteiger partial charge in [-0.05, 0) is 16.7 Å². The molecule has 1 fully saturated rings. The molecule has 0 aliphatic carbocycles. The maximum absolute atomic E-state index is 14.7. The maximum Gasteiger partial charge on any atom is 0.422 e. The molecule has 0 saturated carbocycles. The summed E-state index contributed by atoms with van der Waals surface area (Å²) in [5.41, 5.74) is -3.59. The quantitative estimate of drug-likeness (QED) is 0.281. The van der Waals surface area contributed by atoms with Gasteiger partial charge in [-0.15, -0.1) is 0 Å². The van der Waals surface area contributed by atoms with Crippen LogP contribution in [0.1, 0.15) is 23.6 Å². The third kappa shape index (κ3) is 4.50. The minimum atomic E-state index is -5.28. The van der Waals surface area contributed by atoms with Crippen molar-refractivity contribution in [1.29, 1.82) is 0 Å². The number of ether oxygens (including phenoxy) is 3. The topological polar surface area (TPSA) is 65.0 Å². The molecule has 3 aromatic carbocycles. The largest absolute Gasteiger partial charge is 0.433 e. The van der Waals surface area contributed by atoms with Crippen molar-refractivity contribution in [3.63, 3.8) is 0 Å². The van der Waals surface area contributed by atoms with Crippen LogP contribution in [0.4, 0.5) is 17.6 Å². The van der Waals surface area contributed by atoms with Gasteiger partial charge in [-0.3, -0.25) is 4.79 Å². The molecule has 4 atom stereocenters. The Morgan fingerprint density at radius 2 is 1.31 bits per heavy atom. The van der Waals surface area contributed by atoms with Crippen LogP contribution in [0.2, 0.25) is 0 Å². The highest BCUT2D eigenvalue weighted by Gasteiger charge is 2.71. The van der Waals surface area contributed by atoms with E-state index in [1.807, 2.05) is 0 Å². The van der Waals surface area contributed by atoms with Gasteiger partial charge in [-0.2, -0.15) is 13.2 Å². The Balaban J connectivity index is 1.86. The van der Waals surface area contributed by atoms with Crippen LogP contribution < -0.4 is 0 Å². The van der Waals surface area contributed by atoms with E-state index in [9.17, 15) is 27.5 Å². The Morgan fingerprint density at radius 3 is 1.67 bits per heavy atom. The number of carbonyl (C=O) groups excluding carboxylic acids is 1. The van der Waals surface area contributed by atoms with E-state index >= 15 is 0 Å². The van der Waals surface area contributed by atoms with Crippen molar-refractivity contribution < 1.29 is 41.7 Å². The van der Waals surface area contributed by atoms with E-state index in [0.29, 0.717) is 16.7 Å². The SMILES string of the molecule is CC(=O)OC1O[C@@](COC(c2ccccc2)(c2ccccc2)c2ccccc2)(C(F)(F)F)[C@@H](O)[C@H]1F. The Morgan fingerprint density at radius 1 is 0.889 bits per heavy atom. The first-order chi connectivity index (χ1) is 17.1. The predicted molar refractivity (Wildman–Crippen MR) is 121 cm³/mol. The lowest BCUT2D eigenvalue weighted by Crippen LogP contribution is -2.58. The highest BCUT2D eigenvalue weighted by molar-refractivity contribution is 5.66. The first-order valence-corrected chi connectivity index (χ1v) is 11.2. The van der Waals surface area contributed by atoms with Crippen molar-refractivity contribution in [2.75, 3.05) is 6.61 Å². The van der Waals surface area contributed by atoms with Crippen LogP contribution >= 0.6 is 0 Å². The highest BCUT2D eigenvalue weighted by atomic mass is 19.4. The van der Waals surface area contributed by atoms with Gasteiger partial charge in [0, 0.05) is 6.92 Å². The number of hydrogen-bond donors (Lipinski definition) is 1. The van der Waals surface area contributed by atoms with E-state index in [2.05, 4.69) is 4.74 Å². The van der Waals surface area contributed by atoms with Gasteiger partial charge in [0.05, 0.1) is 6.61 Å². The lowest BCUT2D eigenvalue weighted by atomic mass is 9.79. The molecule has 0 bridgehead atoms. The fourth-order valence-electron chi connectivity index (χ4n) is 4.42.